The predicted molar refractivity (Wildman–Crippen MR) is 70.9 cm³/mol. The SMILES string of the molecule is O=P(O)(O)Cc1ccc(CN2C=CC=CC2)cc1. The molecule has 5 heteroatoms. The number of hydrogen-bond donors (Lipinski definition) is 2. The molecule has 96 valence electrons. The minimum atomic E-state index is -3.97. The lowest BCUT2D eigenvalue weighted by atomic mass is 10.1. The van der Waals surface area contributed by atoms with E-state index < -0.39 is 7.60 Å². The van der Waals surface area contributed by atoms with Crippen LogP contribution in [0.1, 0.15) is 11.1 Å². The second-order valence-corrected chi connectivity index (χ2v) is 5.98. The van der Waals surface area contributed by atoms with Gasteiger partial charge >= 0.3 is 7.60 Å². The molecular weight excluding hydrogens is 249 g/mol. The van der Waals surface area contributed by atoms with E-state index in [1.54, 1.807) is 12.1 Å². The molecule has 0 aromatic heterocycles. The van der Waals surface area contributed by atoms with Gasteiger partial charge in [-0.1, -0.05) is 36.4 Å². The van der Waals surface area contributed by atoms with Gasteiger partial charge in [0.2, 0.25) is 0 Å². The van der Waals surface area contributed by atoms with Gasteiger partial charge in [0, 0.05) is 13.1 Å². The van der Waals surface area contributed by atoms with Gasteiger partial charge in [-0.3, -0.25) is 4.57 Å². The van der Waals surface area contributed by atoms with Crippen LogP contribution in [0, 0.1) is 0 Å². The van der Waals surface area contributed by atoms with Crippen LogP contribution >= 0.6 is 7.60 Å². The highest BCUT2D eigenvalue weighted by molar-refractivity contribution is 7.50. The van der Waals surface area contributed by atoms with Gasteiger partial charge in [0.05, 0.1) is 6.16 Å². The zero-order chi connectivity index (χ0) is 13.0. The van der Waals surface area contributed by atoms with Gasteiger partial charge in [-0.2, -0.15) is 0 Å². The molecule has 0 bridgehead atoms. The molecule has 2 N–H and O–H groups in total. The highest BCUT2D eigenvalue weighted by Crippen LogP contribution is 2.38. The Balaban J connectivity index is 1.97. The lowest BCUT2D eigenvalue weighted by Gasteiger charge is -2.20. The smallest absolute Gasteiger partial charge is 0.329 e. The Kier molecular flexibility index (Phi) is 4.02. The number of hydrogen-bond acceptors (Lipinski definition) is 2. The second-order valence-electron chi connectivity index (χ2n) is 4.34. The van der Waals surface area contributed by atoms with E-state index in [1.807, 2.05) is 30.5 Å². The largest absolute Gasteiger partial charge is 0.369 e. The third-order valence-electron chi connectivity index (χ3n) is 2.68. The van der Waals surface area contributed by atoms with Gasteiger partial charge in [0.1, 0.15) is 0 Å². The molecule has 0 saturated heterocycles. The summed E-state index contributed by atoms with van der Waals surface area (Å²) in [6, 6.07) is 7.38. The first kappa shape index (κ1) is 13.1. The summed E-state index contributed by atoms with van der Waals surface area (Å²) in [5, 5.41) is 0. The molecule has 0 fully saturated rings. The van der Waals surface area contributed by atoms with Crippen LogP contribution in [0.3, 0.4) is 0 Å². The normalized spacial score (nSPS) is 15.1. The van der Waals surface area contributed by atoms with Gasteiger partial charge in [0.25, 0.3) is 0 Å². The van der Waals surface area contributed by atoms with Crippen LogP contribution in [0.5, 0.6) is 0 Å². The van der Waals surface area contributed by atoms with E-state index in [1.165, 1.54) is 0 Å². The number of benzene rings is 1. The van der Waals surface area contributed by atoms with Crippen molar-refractivity contribution in [3.63, 3.8) is 0 Å². The maximum atomic E-state index is 10.9. The second kappa shape index (κ2) is 5.53. The molecule has 0 saturated carbocycles. The van der Waals surface area contributed by atoms with Crippen molar-refractivity contribution in [3.8, 4) is 0 Å². The van der Waals surface area contributed by atoms with Crippen LogP contribution in [0.2, 0.25) is 0 Å². The fourth-order valence-electron chi connectivity index (χ4n) is 1.85. The molecule has 2 rings (SSSR count). The zero-order valence-corrected chi connectivity index (χ0v) is 10.8. The molecule has 1 aromatic carbocycles. The number of nitrogens with zero attached hydrogens (tertiary/aromatic N) is 1. The highest BCUT2D eigenvalue weighted by Gasteiger charge is 2.13. The molecule has 0 aliphatic carbocycles. The van der Waals surface area contributed by atoms with Crippen molar-refractivity contribution >= 4 is 7.60 Å². The maximum absolute atomic E-state index is 10.9. The molecular formula is C13H16NO3P. The van der Waals surface area contributed by atoms with Crippen LogP contribution in [-0.4, -0.2) is 21.2 Å². The average molecular weight is 265 g/mol. The predicted octanol–water partition coefficient (Wildman–Crippen LogP) is 2.25. The lowest BCUT2D eigenvalue weighted by molar-refractivity contribution is 0.371. The zero-order valence-electron chi connectivity index (χ0n) is 9.94. The standard InChI is InChI=1S/C13H16NO3P/c15-18(16,17)11-13-6-4-12(5-7-13)10-14-8-2-1-3-9-14/h1-8H,9-11H2,(H2,15,16,17). The molecule has 18 heavy (non-hydrogen) atoms. The third-order valence-corrected chi connectivity index (χ3v) is 3.46. The summed E-state index contributed by atoms with van der Waals surface area (Å²) >= 11 is 0. The Morgan fingerprint density at radius 3 is 2.33 bits per heavy atom. The van der Waals surface area contributed by atoms with E-state index in [0.29, 0.717) is 5.56 Å². The van der Waals surface area contributed by atoms with Crippen LogP contribution in [0.15, 0.2) is 48.7 Å². The van der Waals surface area contributed by atoms with Crippen molar-refractivity contribution in [1.29, 1.82) is 0 Å². The fourth-order valence-corrected chi connectivity index (χ4v) is 2.53. The van der Waals surface area contributed by atoms with E-state index in [0.717, 1.165) is 18.7 Å². The Bertz CT molecular complexity index is 501. The molecule has 0 radical (unpaired) electrons. The Morgan fingerprint density at radius 1 is 1.11 bits per heavy atom. The molecule has 0 atom stereocenters. The summed E-state index contributed by atoms with van der Waals surface area (Å²) in [6.07, 6.45) is 7.93. The van der Waals surface area contributed by atoms with Crippen LogP contribution < -0.4 is 0 Å². The van der Waals surface area contributed by atoms with Gasteiger partial charge in [-0.25, -0.2) is 0 Å². The first-order valence-electron chi connectivity index (χ1n) is 5.73. The molecule has 4 nitrogen and oxygen atoms in total. The van der Waals surface area contributed by atoms with E-state index in [9.17, 15) is 4.57 Å². The fraction of sp³-hybridized carbons (Fsp3) is 0.231. The minimum absolute atomic E-state index is 0.195. The van der Waals surface area contributed by atoms with Crippen molar-refractivity contribution in [2.24, 2.45) is 0 Å². The van der Waals surface area contributed by atoms with Crippen LogP contribution in [0.4, 0.5) is 0 Å². The van der Waals surface area contributed by atoms with Crippen molar-refractivity contribution in [2.75, 3.05) is 6.54 Å². The topological polar surface area (TPSA) is 60.8 Å². The Morgan fingerprint density at radius 2 is 1.78 bits per heavy atom. The van der Waals surface area contributed by atoms with Crippen LogP contribution in [-0.2, 0) is 17.3 Å². The number of rotatable bonds is 4. The molecule has 1 heterocycles. The summed E-state index contributed by atoms with van der Waals surface area (Å²) in [5.41, 5.74) is 1.80. The molecule has 1 aliphatic heterocycles. The molecule has 0 unspecified atom stereocenters. The van der Waals surface area contributed by atoms with Crippen molar-refractivity contribution < 1.29 is 14.4 Å². The molecule has 1 aromatic rings. The summed E-state index contributed by atoms with van der Waals surface area (Å²) < 4.78 is 10.9. The van der Waals surface area contributed by atoms with Crippen molar-refractivity contribution in [2.45, 2.75) is 12.7 Å². The monoisotopic (exact) mass is 265 g/mol. The molecule has 0 spiro atoms. The minimum Gasteiger partial charge on any atom is -0.369 e. The summed E-state index contributed by atoms with van der Waals surface area (Å²) in [6.45, 7) is 1.69. The van der Waals surface area contributed by atoms with Crippen molar-refractivity contribution in [1.82, 2.24) is 4.90 Å². The highest BCUT2D eigenvalue weighted by atomic mass is 31.2. The quantitative estimate of drug-likeness (QED) is 0.820. The summed E-state index contributed by atoms with van der Waals surface area (Å²) in [7, 11) is -3.97. The lowest BCUT2D eigenvalue weighted by Crippen LogP contribution is -2.18. The third kappa shape index (κ3) is 4.15. The number of allylic oxidation sites excluding steroid dienone is 2. The van der Waals surface area contributed by atoms with Crippen LogP contribution in [0.25, 0.3) is 0 Å². The van der Waals surface area contributed by atoms with E-state index in [4.69, 9.17) is 9.79 Å². The molecule has 0 amide bonds. The van der Waals surface area contributed by atoms with Gasteiger partial charge in [-0.15, -0.1) is 0 Å². The summed E-state index contributed by atoms with van der Waals surface area (Å²) in [4.78, 5) is 19.9. The van der Waals surface area contributed by atoms with Crippen molar-refractivity contribution in [3.05, 3.63) is 59.8 Å². The Hall–Kier alpha value is -1.35. The Labute approximate surface area is 106 Å². The van der Waals surface area contributed by atoms with Gasteiger partial charge in [-0.05, 0) is 23.4 Å². The van der Waals surface area contributed by atoms with E-state index >= 15 is 0 Å². The summed E-state index contributed by atoms with van der Waals surface area (Å²) in [5.74, 6) is 0. The maximum Gasteiger partial charge on any atom is 0.329 e. The van der Waals surface area contributed by atoms with E-state index in [-0.39, 0.29) is 6.16 Å². The first-order valence-corrected chi connectivity index (χ1v) is 7.52. The molecule has 1 aliphatic rings. The van der Waals surface area contributed by atoms with E-state index in [2.05, 4.69) is 11.0 Å². The first-order chi connectivity index (χ1) is 8.53. The van der Waals surface area contributed by atoms with Gasteiger partial charge in [0.15, 0.2) is 0 Å². The average Bonchev–Trinajstić information content (AvgIpc) is 2.31. The van der Waals surface area contributed by atoms with Gasteiger partial charge < -0.3 is 14.7 Å².